The van der Waals surface area contributed by atoms with Crippen molar-refractivity contribution in [2.45, 2.75) is 32.4 Å². The largest absolute Gasteiger partial charge is 0.490 e. The lowest BCUT2D eigenvalue weighted by molar-refractivity contribution is 0.319. The van der Waals surface area contributed by atoms with E-state index in [4.69, 9.17) is 9.47 Å². The Morgan fingerprint density at radius 2 is 1.90 bits per heavy atom. The van der Waals surface area contributed by atoms with Gasteiger partial charge in [-0.1, -0.05) is 18.2 Å². The zero-order chi connectivity index (χ0) is 14.5. The standard InChI is InChI=1S/C17H20N2O2/c1-2-20-15-7-3-4-8-16(15)21-17-9-5-6-14(19-17)12-18-13-10-11-13/h3-9,13,18H,2,10-12H2,1H3. The topological polar surface area (TPSA) is 43.4 Å². The zero-order valence-electron chi connectivity index (χ0n) is 12.2. The van der Waals surface area contributed by atoms with Crippen molar-refractivity contribution in [3.8, 4) is 17.4 Å². The maximum absolute atomic E-state index is 5.86. The summed E-state index contributed by atoms with van der Waals surface area (Å²) >= 11 is 0. The first kappa shape index (κ1) is 13.9. The summed E-state index contributed by atoms with van der Waals surface area (Å²) in [4.78, 5) is 4.53. The average Bonchev–Trinajstić information content (AvgIpc) is 3.32. The highest BCUT2D eigenvalue weighted by atomic mass is 16.5. The summed E-state index contributed by atoms with van der Waals surface area (Å²) in [7, 11) is 0. The maximum Gasteiger partial charge on any atom is 0.219 e. The molecule has 0 spiro atoms. The maximum atomic E-state index is 5.86. The van der Waals surface area contributed by atoms with Gasteiger partial charge in [0.1, 0.15) is 0 Å². The lowest BCUT2D eigenvalue weighted by Gasteiger charge is -2.11. The molecule has 0 amide bonds. The monoisotopic (exact) mass is 284 g/mol. The summed E-state index contributed by atoms with van der Waals surface area (Å²) in [5.41, 5.74) is 0.994. The van der Waals surface area contributed by atoms with Crippen LogP contribution in [0.15, 0.2) is 42.5 Å². The Hall–Kier alpha value is -2.07. The molecule has 0 unspecified atom stereocenters. The van der Waals surface area contributed by atoms with Crippen LogP contribution in [-0.4, -0.2) is 17.6 Å². The average molecular weight is 284 g/mol. The minimum Gasteiger partial charge on any atom is -0.490 e. The van der Waals surface area contributed by atoms with E-state index in [0.717, 1.165) is 18.0 Å². The molecule has 1 heterocycles. The van der Waals surface area contributed by atoms with Gasteiger partial charge < -0.3 is 14.8 Å². The number of benzene rings is 1. The Bertz CT molecular complexity index is 597. The van der Waals surface area contributed by atoms with E-state index in [1.165, 1.54) is 12.8 Å². The third-order valence-electron chi connectivity index (χ3n) is 3.29. The van der Waals surface area contributed by atoms with Crippen molar-refractivity contribution < 1.29 is 9.47 Å². The fourth-order valence-electron chi connectivity index (χ4n) is 2.07. The molecule has 4 nitrogen and oxygen atoms in total. The molecule has 1 aliphatic carbocycles. The number of nitrogens with one attached hydrogen (secondary N) is 1. The van der Waals surface area contributed by atoms with E-state index >= 15 is 0 Å². The fourth-order valence-corrected chi connectivity index (χ4v) is 2.07. The molecule has 1 fully saturated rings. The van der Waals surface area contributed by atoms with Gasteiger partial charge in [0.05, 0.1) is 12.3 Å². The minimum atomic E-state index is 0.595. The molecule has 0 bridgehead atoms. The Morgan fingerprint density at radius 3 is 2.67 bits per heavy atom. The highest BCUT2D eigenvalue weighted by Crippen LogP contribution is 2.30. The number of pyridine rings is 1. The van der Waals surface area contributed by atoms with Gasteiger partial charge in [-0.15, -0.1) is 0 Å². The summed E-state index contributed by atoms with van der Waals surface area (Å²) in [6, 6.07) is 14.2. The SMILES string of the molecule is CCOc1ccccc1Oc1cccc(CNC2CC2)n1. The van der Waals surface area contributed by atoms with Gasteiger partial charge >= 0.3 is 0 Å². The van der Waals surface area contributed by atoms with Crippen LogP contribution in [0.1, 0.15) is 25.5 Å². The second-order valence-corrected chi connectivity index (χ2v) is 5.10. The quantitative estimate of drug-likeness (QED) is 0.844. The molecule has 1 aromatic carbocycles. The van der Waals surface area contributed by atoms with Crippen LogP contribution in [0.4, 0.5) is 0 Å². The molecular weight excluding hydrogens is 264 g/mol. The predicted octanol–water partition coefficient (Wildman–Crippen LogP) is 3.52. The van der Waals surface area contributed by atoms with Gasteiger partial charge in [-0.3, -0.25) is 0 Å². The second-order valence-electron chi connectivity index (χ2n) is 5.10. The number of aromatic nitrogens is 1. The van der Waals surface area contributed by atoms with Crippen molar-refractivity contribution in [2.24, 2.45) is 0 Å². The van der Waals surface area contributed by atoms with Gasteiger partial charge in [0.2, 0.25) is 5.88 Å². The Morgan fingerprint density at radius 1 is 1.10 bits per heavy atom. The first-order valence-electron chi connectivity index (χ1n) is 7.44. The lowest BCUT2D eigenvalue weighted by atomic mass is 10.3. The van der Waals surface area contributed by atoms with Crippen molar-refractivity contribution >= 4 is 0 Å². The van der Waals surface area contributed by atoms with Gasteiger partial charge in [0.25, 0.3) is 0 Å². The van der Waals surface area contributed by atoms with E-state index in [9.17, 15) is 0 Å². The number of hydrogen-bond donors (Lipinski definition) is 1. The predicted molar refractivity (Wildman–Crippen MR) is 81.8 cm³/mol. The third kappa shape index (κ3) is 3.95. The first-order valence-corrected chi connectivity index (χ1v) is 7.44. The molecule has 1 aliphatic rings. The summed E-state index contributed by atoms with van der Waals surface area (Å²) in [6.45, 7) is 3.35. The normalized spacial score (nSPS) is 14.0. The molecular formula is C17H20N2O2. The van der Waals surface area contributed by atoms with E-state index in [0.29, 0.717) is 24.3 Å². The van der Waals surface area contributed by atoms with E-state index in [1.807, 2.05) is 49.4 Å². The summed E-state index contributed by atoms with van der Waals surface area (Å²) < 4.78 is 11.4. The number of nitrogens with zero attached hydrogens (tertiary/aromatic N) is 1. The Balaban J connectivity index is 1.70. The van der Waals surface area contributed by atoms with Gasteiger partial charge in [-0.25, -0.2) is 4.98 Å². The van der Waals surface area contributed by atoms with Crippen LogP contribution >= 0.6 is 0 Å². The van der Waals surface area contributed by atoms with Crippen LogP contribution in [0.5, 0.6) is 17.4 Å². The molecule has 0 aliphatic heterocycles. The van der Waals surface area contributed by atoms with Gasteiger partial charge in [0, 0.05) is 18.7 Å². The van der Waals surface area contributed by atoms with Crippen LogP contribution in [0.3, 0.4) is 0 Å². The molecule has 0 radical (unpaired) electrons. The van der Waals surface area contributed by atoms with Crippen molar-refractivity contribution in [2.75, 3.05) is 6.61 Å². The van der Waals surface area contributed by atoms with Crippen LogP contribution in [-0.2, 0) is 6.54 Å². The van der Waals surface area contributed by atoms with Crippen LogP contribution in [0.2, 0.25) is 0 Å². The lowest BCUT2D eigenvalue weighted by Crippen LogP contribution is -2.16. The number of rotatable bonds is 7. The zero-order valence-corrected chi connectivity index (χ0v) is 12.2. The van der Waals surface area contributed by atoms with Crippen molar-refractivity contribution in [3.05, 3.63) is 48.2 Å². The molecule has 1 N–H and O–H groups in total. The van der Waals surface area contributed by atoms with Crippen LogP contribution < -0.4 is 14.8 Å². The molecule has 21 heavy (non-hydrogen) atoms. The van der Waals surface area contributed by atoms with E-state index in [2.05, 4.69) is 10.3 Å². The van der Waals surface area contributed by atoms with Crippen LogP contribution in [0, 0.1) is 0 Å². The molecule has 0 atom stereocenters. The molecule has 3 rings (SSSR count). The van der Waals surface area contributed by atoms with E-state index in [1.54, 1.807) is 0 Å². The van der Waals surface area contributed by atoms with E-state index in [-0.39, 0.29) is 0 Å². The third-order valence-corrected chi connectivity index (χ3v) is 3.29. The van der Waals surface area contributed by atoms with Crippen molar-refractivity contribution in [1.29, 1.82) is 0 Å². The second kappa shape index (κ2) is 6.59. The molecule has 1 saturated carbocycles. The number of ether oxygens (including phenoxy) is 2. The van der Waals surface area contributed by atoms with Gasteiger partial charge in [-0.2, -0.15) is 0 Å². The van der Waals surface area contributed by atoms with Gasteiger partial charge in [-0.05, 0) is 38.0 Å². The summed E-state index contributed by atoms with van der Waals surface area (Å²) in [6.07, 6.45) is 2.55. The minimum absolute atomic E-state index is 0.595. The molecule has 0 saturated heterocycles. The number of hydrogen-bond acceptors (Lipinski definition) is 4. The van der Waals surface area contributed by atoms with Gasteiger partial charge in [0.15, 0.2) is 11.5 Å². The fraction of sp³-hybridized carbons (Fsp3) is 0.353. The number of para-hydroxylation sites is 2. The summed E-state index contributed by atoms with van der Waals surface area (Å²) in [5.74, 6) is 2.03. The molecule has 1 aromatic heterocycles. The smallest absolute Gasteiger partial charge is 0.219 e. The summed E-state index contributed by atoms with van der Waals surface area (Å²) in [5, 5.41) is 3.45. The Kier molecular flexibility index (Phi) is 4.36. The highest BCUT2D eigenvalue weighted by molar-refractivity contribution is 5.41. The Labute approximate surface area is 125 Å². The van der Waals surface area contributed by atoms with E-state index < -0.39 is 0 Å². The molecule has 110 valence electrons. The first-order chi connectivity index (χ1) is 10.3. The highest BCUT2D eigenvalue weighted by Gasteiger charge is 2.20. The molecule has 2 aromatic rings. The molecule has 4 heteroatoms. The van der Waals surface area contributed by atoms with Crippen molar-refractivity contribution in [1.82, 2.24) is 10.3 Å². The van der Waals surface area contributed by atoms with Crippen molar-refractivity contribution in [3.63, 3.8) is 0 Å². The van der Waals surface area contributed by atoms with Crippen LogP contribution in [0.25, 0.3) is 0 Å².